The predicted molar refractivity (Wildman–Crippen MR) is 66.3 cm³/mol. The monoisotopic (exact) mass is 232 g/mol. The molecule has 0 fully saturated rings. The molecule has 0 unspecified atom stereocenters. The molecule has 1 aromatic rings. The molecule has 0 aliphatic rings. The number of amides is 2. The summed E-state index contributed by atoms with van der Waals surface area (Å²) < 4.78 is 0. The van der Waals surface area contributed by atoms with Gasteiger partial charge in [0.05, 0.1) is 0 Å². The predicted octanol–water partition coefficient (Wildman–Crippen LogP) is 0.802. The Morgan fingerprint density at radius 1 is 1.41 bits per heavy atom. The Morgan fingerprint density at radius 2 is 2.12 bits per heavy atom. The van der Waals surface area contributed by atoms with Gasteiger partial charge in [-0.3, -0.25) is 0 Å². The van der Waals surface area contributed by atoms with E-state index in [1.807, 2.05) is 24.3 Å². The Balaban J connectivity index is 2.74. The van der Waals surface area contributed by atoms with Crippen LogP contribution in [0.4, 0.5) is 4.79 Å². The van der Waals surface area contributed by atoms with Gasteiger partial charge in [-0.2, -0.15) is 0 Å². The van der Waals surface area contributed by atoms with Crippen LogP contribution in [0.5, 0.6) is 0 Å². The van der Waals surface area contributed by atoms with Crippen molar-refractivity contribution in [2.24, 2.45) is 0 Å². The molecule has 4 heteroatoms. The molecule has 1 rings (SSSR count). The van der Waals surface area contributed by atoms with Crippen LogP contribution in [0, 0.1) is 11.8 Å². The van der Waals surface area contributed by atoms with Crippen LogP contribution in [0.3, 0.4) is 0 Å². The van der Waals surface area contributed by atoms with E-state index in [1.165, 1.54) is 4.90 Å². The van der Waals surface area contributed by atoms with Gasteiger partial charge in [0, 0.05) is 26.2 Å². The van der Waals surface area contributed by atoms with Gasteiger partial charge in [0.25, 0.3) is 0 Å². The lowest BCUT2D eigenvalue weighted by Gasteiger charge is -2.12. The number of nitrogens with zero attached hydrogens (tertiary/aromatic N) is 1. The molecule has 0 aliphatic heterocycles. The molecule has 0 aromatic heterocycles. The highest BCUT2D eigenvalue weighted by molar-refractivity contribution is 5.73. The summed E-state index contributed by atoms with van der Waals surface area (Å²) in [4.78, 5) is 12.9. The standard InChI is InChI=1S/C13H16N2O2/c1-15(2)13(17)14-10-12-7-4-3-6-11(12)8-5-9-16/h3-4,6-7,16H,9-10H2,1-2H3,(H,14,17). The zero-order valence-corrected chi connectivity index (χ0v) is 10.0. The molecule has 0 radical (unpaired) electrons. The summed E-state index contributed by atoms with van der Waals surface area (Å²) in [7, 11) is 3.37. The molecule has 0 saturated heterocycles. The van der Waals surface area contributed by atoms with Gasteiger partial charge in [0.15, 0.2) is 0 Å². The van der Waals surface area contributed by atoms with E-state index in [-0.39, 0.29) is 12.6 Å². The summed E-state index contributed by atoms with van der Waals surface area (Å²) >= 11 is 0. The number of hydrogen-bond donors (Lipinski definition) is 2. The molecule has 0 aliphatic carbocycles. The number of hydrogen-bond acceptors (Lipinski definition) is 2. The van der Waals surface area contributed by atoms with Crippen molar-refractivity contribution in [1.82, 2.24) is 10.2 Å². The van der Waals surface area contributed by atoms with Crippen molar-refractivity contribution in [3.05, 3.63) is 35.4 Å². The highest BCUT2D eigenvalue weighted by atomic mass is 16.2. The molecule has 2 amide bonds. The minimum absolute atomic E-state index is 0.144. The fourth-order valence-electron chi connectivity index (χ4n) is 1.26. The molecule has 0 saturated carbocycles. The fourth-order valence-corrected chi connectivity index (χ4v) is 1.26. The van der Waals surface area contributed by atoms with Crippen molar-refractivity contribution in [3.63, 3.8) is 0 Å². The molecule has 1 aromatic carbocycles. The van der Waals surface area contributed by atoms with E-state index in [9.17, 15) is 4.79 Å². The van der Waals surface area contributed by atoms with E-state index in [1.54, 1.807) is 14.1 Å². The van der Waals surface area contributed by atoms with Gasteiger partial charge in [0.1, 0.15) is 6.61 Å². The van der Waals surface area contributed by atoms with Crippen LogP contribution >= 0.6 is 0 Å². The summed E-state index contributed by atoms with van der Waals surface area (Å²) in [6.45, 7) is 0.256. The Labute approximate surface area is 101 Å². The van der Waals surface area contributed by atoms with Crippen molar-refractivity contribution in [2.75, 3.05) is 20.7 Å². The van der Waals surface area contributed by atoms with E-state index in [2.05, 4.69) is 17.2 Å². The van der Waals surface area contributed by atoms with Crippen molar-refractivity contribution < 1.29 is 9.90 Å². The molecule has 2 N–H and O–H groups in total. The summed E-state index contributed by atoms with van der Waals surface area (Å²) in [6.07, 6.45) is 0. The average Bonchev–Trinajstić information content (AvgIpc) is 2.34. The third-order valence-corrected chi connectivity index (χ3v) is 2.16. The number of urea groups is 1. The van der Waals surface area contributed by atoms with E-state index in [0.29, 0.717) is 6.54 Å². The zero-order valence-electron chi connectivity index (χ0n) is 10.0. The first-order valence-corrected chi connectivity index (χ1v) is 5.28. The van der Waals surface area contributed by atoms with Crippen molar-refractivity contribution >= 4 is 6.03 Å². The minimum Gasteiger partial charge on any atom is -0.384 e. The first-order valence-electron chi connectivity index (χ1n) is 5.28. The number of benzene rings is 1. The maximum atomic E-state index is 11.4. The van der Waals surface area contributed by atoms with Gasteiger partial charge < -0.3 is 15.3 Å². The Kier molecular flexibility index (Phi) is 5.05. The van der Waals surface area contributed by atoms with Crippen molar-refractivity contribution in [2.45, 2.75) is 6.54 Å². The highest BCUT2D eigenvalue weighted by Crippen LogP contribution is 2.06. The SMILES string of the molecule is CN(C)C(=O)NCc1ccccc1C#CCO. The lowest BCUT2D eigenvalue weighted by atomic mass is 10.1. The minimum atomic E-state index is -0.168. The van der Waals surface area contributed by atoms with Crippen molar-refractivity contribution in [1.29, 1.82) is 0 Å². The normalized spacial score (nSPS) is 9.12. The number of aliphatic hydroxyl groups excluding tert-OH is 1. The van der Waals surface area contributed by atoms with E-state index in [4.69, 9.17) is 5.11 Å². The Morgan fingerprint density at radius 3 is 2.76 bits per heavy atom. The third kappa shape index (κ3) is 4.17. The van der Waals surface area contributed by atoms with Crippen LogP contribution in [-0.2, 0) is 6.54 Å². The third-order valence-electron chi connectivity index (χ3n) is 2.16. The zero-order chi connectivity index (χ0) is 12.7. The van der Waals surface area contributed by atoms with Gasteiger partial charge in [0.2, 0.25) is 0 Å². The van der Waals surface area contributed by atoms with Gasteiger partial charge in [-0.15, -0.1) is 0 Å². The Bertz CT molecular complexity index is 444. The highest BCUT2D eigenvalue weighted by Gasteiger charge is 2.04. The Hall–Kier alpha value is -1.99. The van der Waals surface area contributed by atoms with Gasteiger partial charge >= 0.3 is 6.03 Å². The van der Waals surface area contributed by atoms with Gasteiger partial charge in [-0.1, -0.05) is 30.0 Å². The second-order valence-corrected chi connectivity index (χ2v) is 3.67. The summed E-state index contributed by atoms with van der Waals surface area (Å²) in [5.41, 5.74) is 1.75. The van der Waals surface area contributed by atoms with Crippen LogP contribution in [-0.4, -0.2) is 36.7 Å². The van der Waals surface area contributed by atoms with Crippen LogP contribution < -0.4 is 5.32 Å². The molecule has 0 heterocycles. The van der Waals surface area contributed by atoms with Gasteiger partial charge in [-0.25, -0.2) is 4.79 Å². The first kappa shape index (κ1) is 13.1. The largest absolute Gasteiger partial charge is 0.384 e. The quantitative estimate of drug-likeness (QED) is 0.741. The molecule has 90 valence electrons. The second kappa shape index (κ2) is 6.56. The van der Waals surface area contributed by atoms with E-state index >= 15 is 0 Å². The van der Waals surface area contributed by atoms with Gasteiger partial charge in [-0.05, 0) is 11.6 Å². The van der Waals surface area contributed by atoms with Crippen LogP contribution in [0.15, 0.2) is 24.3 Å². The molecule has 4 nitrogen and oxygen atoms in total. The molecular weight excluding hydrogens is 216 g/mol. The smallest absolute Gasteiger partial charge is 0.317 e. The lowest BCUT2D eigenvalue weighted by Crippen LogP contribution is -2.34. The maximum Gasteiger partial charge on any atom is 0.317 e. The molecule has 0 atom stereocenters. The van der Waals surface area contributed by atoms with Crippen LogP contribution in [0.25, 0.3) is 0 Å². The molecule has 0 spiro atoms. The molecule has 0 bridgehead atoms. The second-order valence-electron chi connectivity index (χ2n) is 3.67. The number of rotatable bonds is 2. The number of aliphatic hydroxyl groups is 1. The number of carbonyl (C=O) groups excluding carboxylic acids is 1. The van der Waals surface area contributed by atoms with Crippen molar-refractivity contribution in [3.8, 4) is 11.8 Å². The number of carbonyl (C=O) groups is 1. The first-order chi connectivity index (χ1) is 8.15. The lowest BCUT2D eigenvalue weighted by molar-refractivity contribution is 0.217. The number of nitrogens with one attached hydrogen (secondary N) is 1. The van der Waals surface area contributed by atoms with Crippen LogP contribution in [0.1, 0.15) is 11.1 Å². The fraction of sp³-hybridized carbons (Fsp3) is 0.308. The van der Waals surface area contributed by atoms with Crippen LogP contribution in [0.2, 0.25) is 0 Å². The van der Waals surface area contributed by atoms with E-state index < -0.39 is 0 Å². The molecule has 17 heavy (non-hydrogen) atoms. The summed E-state index contributed by atoms with van der Waals surface area (Å²) in [6, 6.07) is 7.38. The maximum absolute atomic E-state index is 11.4. The topological polar surface area (TPSA) is 52.6 Å². The average molecular weight is 232 g/mol. The van der Waals surface area contributed by atoms with E-state index in [0.717, 1.165) is 11.1 Å². The summed E-state index contributed by atoms with van der Waals surface area (Å²) in [5.74, 6) is 5.45. The molecular formula is C13H16N2O2. The summed E-state index contributed by atoms with van der Waals surface area (Å²) in [5, 5.41) is 11.4.